The Morgan fingerprint density at radius 1 is 1.29 bits per heavy atom. The Morgan fingerprint density at radius 2 is 2.00 bits per heavy atom. The van der Waals surface area contributed by atoms with Crippen molar-refractivity contribution in [3.8, 4) is 0 Å². The van der Waals surface area contributed by atoms with E-state index in [1.807, 2.05) is 12.1 Å². The number of rotatable bonds is 4. The molecule has 2 heteroatoms. The molecular formula is C12H19NO. The minimum absolute atomic E-state index is 0.691. The van der Waals surface area contributed by atoms with Gasteiger partial charge in [0.2, 0.25) is 0 Å². The van der Waals surface area contributed by atoms with Crippen LogP contribution in [0.15, 0.2) is 18.2 Å². The first-order valence-corrected chi connectivity index (χ1v) is 5.25. The van der Waals surface area contributed by atoms with Crippen LogP contribution in [0.25, 0.3) is 0 Å². The molecule has 1 rings (SSSR count). The highest BCUT2D eigenvalue weighted by Crippen LogP contribution is 2.21. The molecule has 78 valence electrons. The van der Waals surface area contributed by atoms with Crippen LogP contribution in [-0.4, -0.2) is 11.8 Å². The summed E-state index contributed by atoms with van der Waals surface area (Å²) < 4.78 is 0. The number of nitrogens with zero attached hydrogens (tertiary/aromatic N) is 1. The molecule has 0 aliphatic heterocycles. The minimum atomic E-state index is 0.691. The first kappa shape index (κ1) is 11.1. The lowest BCUT2D eigenvalue weighted by Gasteiger charge is -2.19. The maximum atomic E-state index is 9.76. The zero-order valence-electron chi connectivity index (χ0n) is 9.25. The number of hydrogen-bond acceptors (Lipinski definition) is 2. The van der Waals surface area contributed by atoms with E-state index in [-0.39, 0.29) is 0 Å². The van der Waals surface area contributed by atoms with Crippen LogP contribution in [0.1, 0.15) is 31.4 Å². The molecular weight excluding hydrogens is 174 g/mol. The molecule has 1 N–H and O–H groups in total. The van der Waals surface area contributed by atoms with E-state index in [1.54, 1.807) is 0 Å². The summed E-state index contributed by atoms with van der Waals surface area (Å²) in [6, 6.07) is 6.16. The first-order valence-electron chi connectivity index (χ1n) is 5.25. The maximum absolute atomic E-state index is 9.76. The largest absolute Gasteiger partial charge is 0.288 e. The Kier molecular flexibility index (Phi) is 3.96. The second-order valence-corrected chi connectivity index (χ2v) is 3.61. The summed E-state index contributed by atoms with van der Waals surface area (Å²) in [5, 5.41) is 11.1. The van der Waals surface area contributed by atoms with Gasteiger partial charge in [0.1, 0.15) is 0 Å². The van der Waals surface area contributed by atoms with E-state index in [4.69, 9.17) is 0 Å². The molecule has 0 bridgehead atoms. The smallest absolute Gasteiger partial charge is 0.0666 e. The molecule has 14 heavy (non-hydrogen) atoms. The Morgan fingerprint density at radius 3 is 2.57 bits per heavy atom. The van der Waals surface area contributed by atoms with Gasteiger partial charge in [-0.1, -0.05) is 31.5 Å². The fourth-order valence-corrected chi connectivity index (χ4v) is 1.58. The highest BCUT2D eigenvalue weighted by Gasteiger charge is 2.06. The van der Waals surface area contributed by atoms with Crippen molar-refractivity contribution in [3.05, 3.63) is 29.3 Å². The van der Waals surface area contributed by atoms with Crippen molar-refractivity contribution >= 4 is 5.69 Å². The number of hydrogen-bond donors (Lipinski definition) is 1. The van der Waals surface area contributed by atoms with Crippen LogP contribution in [0.4, 0.5) is 5.69 Å². The van der Waals surface area contributed by atoms with E-state index < -0.39 is 0 Å². The number of anilines is 1. The quantitative estimate of drug-likeness (QED) is 0.742. The number of hydroxylamine groups is 1. The molecule has 0 unspecified atom stereocenters. The van der Waals surface area contributed by atoms with Gasteiger partial charge >= 0.3 is 0 Å². The molecule has 0 aromatic heterocycles. The minimum Gasteiger partial charge on any atom is -0.288 e. The highest BCUT2D eigenvalue weighted by atomic mass is 16.5. The average Bonchev–Trinajstić information content (AvgIpc) is 2.17. The first-order chi connectivity index (χ1) is 6.69. The van der Waals surface area contributed by atoms with Crippen molar-refractivity contribution < 1.29 is 5.21 Å². The summed E-state index contributed by atoms with van der Waals surface area (Å²) in [7, 11) is 0. The van der Waals surface area contributed by atoms with Gasteiger partial charge in [-0.25, -0.2) is 0 Å². The molecule has 0 spiro atoms. The zero-order chi connectivity index (χ0) is 10.6. The predicted octanol–water partition coefficient (Wildman–Crippen LogP) is 3.16. The Hall–Kier alpha value is -1.02. The third-order valence-electron chi connectivity index (χ3n) is 2.33. The van der Waals surface area contributed by atoms with Crippen molar-refractivity contribution in [2.75, 3.05) is 11.6 Å². The Labute approximate surface area is 86.1 Å². The van der Waals surface area contributed by atoms with E-state index in [1.165, 1.54) is 16.2 Å². The van der Waals surface area contributed by atoms with E-state index in [0.717, 1.165) is 18.5 Å². The molecule has 1 aromatic rings. The summed E-state index contributed by atoms with van der Waals surface area (Å²) in [4.78, 5) is 0. The molecule has 0 saturated carbocycles. The van der Waals surface area contributed by atoms with Crippen LogP contribution in [0.5, 0.6) is 0 Å². The fourth-order valence-electron chi connectivity index (χ4n) is 1.58. The van der Waals surface area contributed by atoms with Crippen molar-refractivity contribution in [1.82, 2.24) is 0 Å². The third-order valence-corrected chi connectivity index (χ3v) is 2.33. The zero-order valence-corrected chi connectivity index (χ0v) is 9.25. The molecule has 0 atom stereocenters. The molecule has 0 saturated heterocycles. The van der Waals surface area contributed by atoms with E-state index >= 15 is 0 Å². The molecule has 0 heterocycles. The molecule has 0 amide bonds. The Bertz CT molecular complexity index is 296. The van der Waals surface area contributed by atoms with Crippen molar-refractivity contribution in [1.29, 1.82) is 0 Å². The fraction of sp³-hybridized carbons (Fsp3) is 0.500. The van der Waals surface area contributed by atoms with Crippen LogP contribution in [-0.2, 0) is 6.42 Å². The number of benzene rings is 1. The lowest BCUT2D eigenvalue weighted by Crippen LogP contribution is -2.20. The molecule has 2 nitrogen and oxygen atoms in total. The second kappa shape index (κ2) is 5.01. The second-order valence-electron chi connectivity index (χ2n) is 3.61. The van der Waals surface area contributed by atoms with Gasteiger partial charge in [-0.15, -0.1) is 0 Å². The van der Waals surface area contributed by atoms with Gasteiger partial charge in [-0.2, -0.15) is 0 Å². The summed E-state index contributed by atoms with van der Waals surface area (Å²) in [6.07, 6.45) is 1.91. The lowest BCUT2D eigenvalue weighted by atomic mass is 10.1. The summed E-state index contributed by atoms with van der Waals surface area (Å²) in [5.41, 5.74) is 3.40. The van der Waals surface area contributed by atoms with Crippen LogP contribution in [0.3, 0.4) is 0 Å². The highest BCUT2D eigenvalue weighted by molar-refractivity contribution is 5.52. The van der Waals surface area contributed by atoms with Gasteiger partial charge in [0, 0.05) is 6.54 Å². The summed E-state index contributed by atoms with van der Waals surface area (Å²) >= 11 is 0. The Balaban J connectivity index is 2.95. The van der Waals surface area contributed by atoms with Crippen LogP contribution in [0, 0.1) is 6.92 Å². The van der Waals surface area contributed by atoms with E-state index in [9.17, 15) is 5.21 Å². The summed E-state index contributed by atoms with van der Waals surface area (Å²) in [5.74, 6) is 0. The van der Waals surface area contributed by atoms with Crippen LogP contribution < -0.4 is 5.06 Å². The van der Waals surface area contributed by atoms with Gasteiger partial charge in [-0.3, -0.25) is 10.3 Å². The average molecular weight is 193 g/mol. The normalized spacial score (nSPS) is 10.3. The predicted molar refractivity (Wildman–Crippen MR) is 60.0 cm³/mol. The van der Waals surface area contributed by atoms with Gasteiger partial charge in [0.25, 0.3) is 0 Å². The SMILES string of the molecule is CCCN(O)c1ccc(C)cc1CC. The van der Waals surface area contributed by atoms with Gasteiger partial charge in [0.05, 0.1) is 5.69 Å². The van der Waals surface area contributed by atoms with E-state index in [2.05, 4.69) is 26.8 Å². The molecule has 0 radical (unpaired) electrons. The van der Waals surface area contributed by atoms with Crippen molar-refractivity contribution in [2.45, 2.75) is 33.6 Å². The van der Waals surface area contributed by atoms with Crippen LogP contribution in [0.2, 0.25) is 0 Å². The molecule has 1 aromatic carbocycles. The molecule has 0 fully saturated rings. The third kappa shape index (κ3) is 2.48. The standard InChI is InChI=1S/C12H19NO/c1-4-8-13(14)12-7-6-10(3)9-11(12)5-2/h6-7,9,14H,4-5,8H2,1-3H3. The lowest BCUT2D eigenvalue weighted by molar-refractivity contribution is 0.253. The van der Waals surface area contributed by atoms with Crippen LogP contribution >= 0.6 is 0 Å². The maximum Gasteiger partial charge on any atom is 0.0666 e. The topological polar surface area (TPSA) is 23.5 Å². The van der Waals surface area contributed by atoms with E-state index in [0.29, 0.717) is 6.54 Å². The molecule has 0 aliphatic carbocycles. The van der Waals surface area contributed by atoms with Crippen molar-refractivity contribution in [2.24, 2.45) is 0 Å². The van der Waals surface area contributed by atoms with Gasteiger partial charge in [0.15, 0.2) is 0 Å². The van der Waals surface area contributed by atoms with Gasteiger partial charge in [-0.05, 0) is 31.4 Å². The summed E-state index contributed by atoms with van der Waals surface area (Å²) in [6.45, 7) is 6.93. The number of aryl methyl sites for hydroxylation is 2. The monoisotopic (exact) mass is 193 g/mol. The van der Waals surface area contributed by atoms with Gasteiger partial charge < -0.3 is 0 Å². The molecule has 0 aliphatic rings. The van der Waals surface area contributed by atoms with Crippen molar-refractivity contribution in [3.63, 3.8) is 0 Å².